The van der Waals surface area contributed by atoms with Crippen LogP contribution in [0.5, 0.6) is 0 Å². The molecule has 2 heterocycles. The monoisotopic (exact) mass is 345 g/mol. The van der Waals surface area contributed by atoms with Crippen LogP contribution in [0, 0.1) is 0 Å². The molecule has 3 rings (SSSR count). The molecule has 1 fully saturated rings. The van der Waals surface area contributed by atoms with E-state index in [1.165, 1.54) is 11.3 Å². The third-order valence-electron chi connectivity index (χ3n) is 4.28. The van der Waals surface area contributed by atoms with Crippen LogP contribution in [0.2, 0.25) is 0 Å². The molecular formula is C18H23N3O2S. The number of benzene rings is 1. The predicted octanol–water partition coefficient (Wildman–Crippen LogP) is 2.53. The molecule has 128 valence electrons. The number of hydrogen-bond donors (Lipinski definition) is 2. The molecule has 0 bridgehead atoms. The highest BCUT2D eigenvalue weighted by Gasteiger charge is 2.17. The Kier molecular flexibility index (Phi) is 5.50. The van der Waals surface area contributed by atoms with Gasteiger partial charge in [-0.25, -0.2) is 0 Å². The summed E-state index contributed by atoms with van der Waals surface area (Å²) in [5.74, 6) is -0.372. The number of hydrogen-bond acceptors (Lipinski definition) is 5. The number of morpholine rings is 1. The van der Waals surface area contributed by atoms with E-state index in [9.17, 15) is 4.79 Å². The van der Waals surface area contributed by atoms with E-state index in [2.05, 4.69) is 41.4 Å². The summed E-state index contributed by atoms with van der Waals surface area (Å²) in [5.41, 5.74) is 8.44. The highest BCUT2D eigenvalue weighted by atomic mass is 32.1. The first-order valence-corrected chi connectivity index (χ1v) is 9.05. The summed E-state index contributed by atoms with van der Waals surface area (Å²) in [6, 6.07) is 10.6. The third-order valence-corrected chi connectivity index (χ3v) is 5.21. The summed E-state index contributed by atoms with van der Waals surface area (Å²) < 4.78 is 5.45. The number of nitrogens with one attached hydrogen (secondary N) is 1. The summed E-state index contributed by atoms with van der Waals surface area (Å²) in [6.07, 6.45) is 0. The second-order valence-electron chi connectivity index (χ2n) is 5.93. The molecular weight excluding hydrogens is 322 g/mol. The lowest BCUT2D eigenvalue weighted by atomic mass is 10.0. The van der Waals surface area contributed by atoms with Gasteiger partial charge in [0.05, 0.1) is 18.8 Å². The van der Waals surface area contributed by atoms with E-state index in [-0.39, 0.29) is 11.9 Å². The van der Waals surface area contributed by atoms with E-state index in [1.807, 2.05) is 11.4 Å². The zero-order chi connectivity index (χ0) is 16.9. The minimum absolute atomic E-state index is 0.211. The van der Waals surface area contributed by atoms with Gasteiger partial charge >= 0.3 is 0 Å². The van der Waals surface area contributed by atoms with Crippen LogP contribution >= 0.6 is 11.3 Å². The van der Waals surface area contributed by atoms with E-state index in [0.717, 1.165) is 37.7 Å². The number of nitrogens with zero attached hydrogens (tertiary/aromatic N) is 1. The molecule has 0 saturated carbocycles. The zero-order valence-corrected chi connectivity index (χ0v) is 14.6. The van der Waals surface area contributed by atoms with Crippen LogP contribution in [0.4, 0.5) is 5.69 Å². The van der Waals surface area contributed by atoms with Crippen molar-refractivity contribution in [2.75, 3.05) is 31.2 Å². The normalized spacial score (nSPS) is 16.1. The number of carbonyl (C=O) groups excluding carboxylic acids is 1. The number of nitrogens with two attached hydrogens (primary N) is 1. The fourth-order valence-corrected chi connectivity index (χ4v) is 3.74. The Bertz CT molecular complexity index is 695. The lowest BCUT2D eigenvalue weighted by Gasteiger charge is -2.32. The number of primary amides is 1. The largest absolute Gasteiger partial charge is 0.378 e. The number of ether oxygens (including phenoxy) is 1. The average Bonchev–Trinajstić information content (AvgIpc) is 3.10. The molecule has 1 aromatic heterocycles. The van der Waals surface area contributed by atoms with Gasteiger partial charge in [-0.05, 0) is 24.6 Å². The van der Waals surface area contributed by atoms with Crippen LogP contribution in [-0.4, -0.2) is 32.2 Å². The summed E-state index contributed by atoms with van der Waals surface area (Å²) in [7, 11) is 0. The number of anilines is 1. The molecule has 1 atom stereocenters. The Morgan fingerprint density at radius 2 is 2.12 bits per heavy atom. The van der Waals surface area contributed by atoms with Crippen LogP contribution < -0.4 is 16.0 Å². The van der Waals surface area contributed by atoms with Gasteiger partial charge < -0.3 is 20.7 Å². The summed E-state index contributed by atoms with van der Waals surface area (Å²) >= 11 is 1.56. The van der Waals surface area contributed by atoms with Crippen molar-refractivity contribution in [3.8, 4) is 0 Å². The van der Waals surface area contributed by atoms with Gasteiger partial charge in [0.15, 0.2) is 0 Å². The molecule has 0 unspecified atom stereocenters. The van der Waals surface area contributed by atoms with Crippen molar-refractivity contribution in [1.29, 1.82) is 0 Å². The summed E-state index contributed by atoms with van der Waals surface area (Å²) in [5, 5.41) is 5.36. The number of rotatable bonds is 6. The number of amides is 1. The van der Waals surface area contributed by atoms with Gasteiger partial charge in [0.2, 0.25) is 5.91 Å². The molecule has 0 aliphatic carbocycles. The molecule has 1 amide bonds. The molecule has 24 heavy (non-hydrogen) atoms. The average molecular weight is 345 g/mol. The van der Waals surface area contributed by atoms with Gasteiger partial charge in [-0.2, -0.15) is 0 Å². The molecule has 1 aliphatic heterocycles. The van der Waals surface area contributed by atoms with Gasteiger partial charge in [-0.15, -0.1) is 11.3 Å². The van der Waals surface area contributed by atoms with E-state index in [4.69, 9.17) is 10.5 Å². The van der Waals surface area contributed by atoms with Crippen molar-refractivity contribution < 1.29 is 9.53 Å². The van der Waals surface area contributed by atoms with Crippen molar-refractivity contribution in [3.05, 3.63) is 51.7 Å². The zero-order valence-electron chi connectivity index (χ0n) is 13.8. The fourth-order valence-electron chi connectivity index (χ4n) is 2.91. The maximum absolute atomic E-state index is 11.2. The second-order valence-corrected chi connectivity index (χ2v) is 6.92. The maximum atomic E-state index is 11.2. The molecule has 0 radical (unpaired) electrons. The van der Waals surface area contributed by atoms with E-state index in [0.29, 0.717) is 5.56 Å². The van der Waals surface area contributed by atoms with Crippen LogP contribution in [-0.2, 0) is 11.3 Å². The predicted molar refractivity (Wildman–Crippen MR) is 97.6 cm³/mol. The maximum Gasteiger partial charge on any atom is 0.249 e. The van der Waals surface area contributed by atoms with Crippen molar-refractivity contribution in [2.24, 2.45) is 5.73 Å². The van der Waals surface area contributed by atoms with E-state index < -0.39 is 0 Å². The first kappa shape index (κ1) is 17.0. The lowest BCUT2D eigenvalue weighted by Crippen LogP contribution is -2.37. The Balaban J connectivity index is 1.68. The fraction of sp³-hybridized carbons (Fsp3) is 0.389. The number of para-hydroxylation sites is 1. The molecule has 1 saturated heterocycles. The Morgan fingerprint density at radius 3 is 2.83 bits per heavy atom. The molecule has 6 heteroatoms. The van der Waals surface area contributed by atoms with E-state index >= 15 is 0 Å². The van der Waals surface area contributed by atoms with Gasteiger partial charge in [-0.1, -0.05) is 18.2 Å². The number of thiophene rings is 1. The summed E-state index contributed by atoms with van der Waals surface area (Å²) in [6.45, 7) is 6.30. The van der Waals surface area contributed by atoms with Crippen molar-refractivity contribution >= 4 is 22.9 Å². The first-order valence-electron chi connectivity index (χ1n) is 8.17. The third kappa shape index (κ3) is 3.95. The van der Waals surface area contributed by atoms with Gasteiger partial charge in [0.1, 0.15) is 0 Å². The van der Waals surface area contributed by atoms with E-state index in [1.54, 1.807) is 11.3 Å². The minimum Gasteiger partial charge on any atom is -0.378 e. The van der Waals surface area contributed by atoms with Gasteiger partial charge in [0, 0.05) is 41.6 Å². The van der Waals surface area contributed by atoms with Crippen molar-refractivity contribution in [2.45, 2.75) is 19.5 Å². The molecule has 0 spiro atoms. The molecule has 1 aliphatic rings. The number of carbonyl (C=O) groups is 1. The molecule has 1 aromatic carbocycles. The van der Waals surface area contributed by atoms with Gasteiger partial charge in [0.25, 0.3) is 0 Å². The van der Waals surface area contributed by atoms with Crippen LogP contribution in [0.25, 0.3) is 0 Å². The molecule has 2 aromatic rings. The SMILES string of the molecule is C[C@@H](NCc1cc(C(N)=O)cs1)c1ccccc1N1CCOCC1. The molecule has 5 nitrogen and oxygen atoms in total. The standard InChI is InChI=1S/C18H23N3O2S/c1-13(20-11-15-10-14(12-24-15)18(19)22)16-4-2-3-5-17(16)21-6-8-23-9-7-21/h2-5,10,12-13,20H,6-9,11H2,1H3,(H2,19,22)/t13-/m1/s1. The Labute approximate surface area is 146 Å². The first-order chi connectivity index (χ1) is 11.6. The lowest BCUT2D eigenvalue weighted by molar-refractivity contribution is 0.100. The Morgan fingerprint density at radius 1 is 1.38 bits per heavy atom. The van der Waals surface area contributed by atoms with Gasteiger partial charge in [-0.3, -0.25) is 4.79 Å². The van der Waals surface area contributed by atoms with Crippen molar-refractivity contribution in [3.63, 3.8) is 0 Å². The molecule has 3 N–H and O–H groups in total. The topological polar surface area (TPSA) is 67.6 Å². The smallest absolute Gasteiger partial charge is 0.249 e. The quantitative estimate of drug-likeness (QED) is 0.844. The highest BCUT2D eigenvalue weighted by Crippen LogP contribution is 2.27. The van der Waals surface area contributed by atoms with Crippen LogP contribution in [0.15, 0.2) is 35.7 Å². The Hall–Kier alpha value is -1.89. The van der Waals surface area contributed by atoms with Crippen LogP contribution in [0.3, 0.4) is 0 Å². The second kappa shape index (κ2) is 7.79. The van der Waals surface area contributed by atoms with Crippen LogP contribution in [0.1, 0.15) is 33.8 Å². The van der Waals surface area contributed by atoms with Crippen molar-refractivity contribution in [1.82, 2.24) is 5.32 Å². The minimum atomic E-state index is -0.372. The highest BCUT2D eigenvalue weighted by molar-refractivity contribution is 7.10. The summed E-state index contributed by atoms with van der Waals surface area (Å²) in [4.78, 5) is 14.7.